The minimum absolute atomic E-state index is 0.126. The van der Waals surface area contributed by atoms with Crippen molar-refractivity contribution >= 4 is 37.0 Å². The lowest BCUT2D eigenvalue weighted by atomic mass is 10.4. The van der Waals surface area contributed by atoms with Crippen molar-refractivity contribution in [3.8, 4) is 5.75 Å². The van der Waals surface area contributed by atoms with Crippen LogP contribution in [0.15, 0.2) is 23.5 Å². The molecule has 0 aliphatic carbocycles. The predicted octanol–water partition coefficient (Wildman–Crippen LogP) is 1.92. The van der Waals surface area contributed by atoms with Crippen LogP contribution in [0.2, 0.25) is 5.02 Å². The minimum Gasteiger partial charge on any atom is -0.491 e. The van der Waals surface area contributed by atoms with Crippen molar-refractivity contribution in [3.63, 3.8) is 0 Å². The minimum atomic E-state index is -3.85. The monoisotopic (exact) mass is 280 g/mol. The number of hydrogen-bond acceptors (Lipinski definition) is 4. The molecule has 5 nitrogen and oxygen atoms in total. The van der Waals surface area contributed by atoms with Crippen molar-refractivity contribution < 1.29 is 13.2 Å². The first-order valence-corrected chi connectivity index (χ1v) is 6.78. The first kappa shape index (κ1) is 11.5. The fourth-order valence-electron chi connectivity index (χ4n) is 1.35. The number of nitrogens with zero attached hydrogens (tertiary/aromatic N) is 2. The average molecular weight is 281 g/mol. The molecule has 0 radical (unpaired) electrons. The van der Waals surface area contributed by atoms with Gasteiger partial charge in [-0.15, -0.1) is 0 Å². The van der Waals surface area contributed by atoms with Gasteiger partial charge in [0.1, 0.15) is 0 Å². The van der Waals surface area contributed by atoms with Crippen LogP contribution in [0.25, 0.3) is 5.65 Å². The van der Waals surface area contributed by atoms with E-state index in [0.29, 0.717) is 16.4 Å². The standard InChI is InChI=1S/C8H6Cl2N2O3S/c1-15-7-5(9)2-3-12-6(16(10,13)14)4-11-8(7)12/h2-4H,1H3. The summed E-state index contributed by atoms with van der Waals surface area (Å²) < 4.78 is 28.8. The fourth-order valence-corrected chi connectivity index (χ4v) is 2.47. The van der Waals surface area contributed by atoms with Crippen molar-refractivity contribution in [1.29, 1.82) is 0 Å². The molecule has 2 heterocycles. The summed E-state index contributed by atoms with van der Waals surface area (Å²) in [7, 11) is 2.82. The third kappa shape index (κ3) is 1.73. The third-order valence-electron chi connectivity index (χ3n) is 2.01. The second-order valence-corrected chi connectivity index (χ2v) is 5.84. The first-order chi connectivity index (χ1) is 7.45. The third-order valence-corrected chi connectivity index (χ3v) is 3.58. The van der Waals surface area contributed by atoms with Gasteiger partial charge in [-0.25, -0.2) is 13.4 Å². The van der Waals surface area contributed by atoms with Crippen LogP contribution in [-0.4, -0.2) is 24.9 Å². The molecular formula is C8H6Cl2N2O3S. The Balaban J connectivity index is 2.87. The van der Waals surface area contributed by atoms with Gasteiger partial charge < -0.3 is 4.74 Å². The van der Waals surface area contributed by atoms with Gasteiger partial charge in [-0.3, -0.25) is 4.40 Å². The summed E-state index contributed by atoms with van der Waals surface area (Å²) in [6.45, 7) is 0. The van der Waals surface area contributed by atoms with Crippen LogP contribution < -0.4 is 4.74 Å². The molecule has 0 amide bonds. The highest BCUT2D eigenvalue weighted by Gasteiger charge is 2.19. The second-order valence-electron chi connectivity index (χ2n) is 2.92. The van der Waals surface area contributed by atoms with Crippen LogP contribution in [0.4, 0.5) is 0 Å². The van der Waals surface area contributed by atoms with E-state index in [1.165, 1.54) is 23.8 Å². The Hall–Kier alpha value is -0.980. The zero-order chi connectivity index (χ0) is 11.9. The van der Waals surface area contributed by atoms with Gasteiger partial charge >= 0.3 is 0 Å². The second kappa shape index (κ2) is 3.80. The molecule has 8 heteroatoms. The summed E-state index contributed by atoms with van der Waals surface area (Å²) >= 11 is 5.87. The van der Waals surface area contributed by atoms with Crippen LogP contribution in [0, 0.1) is 0 Å². The number of halogens is 2. The van der Waals surface area contributed by atoms with Gasteiger partial charge in [0.2, 0.25) is 0 Å². The zero-order valence-electron chi connectivity index (χ0n) is 8.02. The Morgan fingerprint density at radius 2 is 2.19 bits per heavy atom. The van der Waals surface area contributed by atoms with E-state index in [1.54, 1.807) is 0 Å². The van der Waals surface area contributed by atoms with E-state index in [-0.39, 0.29) is 5.03 Å². The Kier molecular flexibility index (Phi) is 2.73. The number of aromatic nitrogens is 2. The van der Waals surface area contributed by atoms with Crippen LogP contribution in [0.3, 0.4) is 0 Å². The van der Waals surface area contributed by atoms with Crippen molar-refractivity contribution in [2.24, 2.45) is 0 Å². The molecule has 0 bridgehead atoms. The first-order valence-electron chi connectivity index (χ1n) is 4.09. The molecule has 0 saturated carbocycles. The van der Waals surface area contributed by atoms with E-state index in [4.69, 9.17) is 27.0 Å². The van der Waals surface area contributed by atoms with E-state index in [9.17, 15) is 8.42 Å². The Morgan fingerprint density at radius 3 is 2.75 bits per heavy atom. The molecule has 16 heavy (non-hydrogen) atoms. The van der Waals surface area contributed by atoms with Crippen LogP contribution >= 0.6 is 22.3 Å². The van der Waals surface area contributed by atoms with Crippen molar-refractivity contribution in [2.45, 2.75) is 5.03 Å². The predicted molar refractivity (Wildman–Crippen MR) is 59.8 cm³/mol. The maximum Gasteiger partial charge on any atom is 0.278 e. The molecule has 0 saturated heterocycles. The lowest BCUT2D eigenvalue weighted by molar-refractivity contribution is 0.417. The van der Waals surface area contributed by atoms with Crippen molar-refractivity contribution in [2.75, 3.05) is 7.11 Å². The molecule has 0 aromatic carbocycles. The molecule has 0 N–H and O–H groups in total. The van der Waals surface area contributed by atoms with Crippen molar-refractivity contribution in [1.82, 2.24) is 9.38 Å². The van der Waals surface area contributed by atoms with Gasteiger partial charge in [-0.1, -0.05) is 11.6 Å². The SMILES string of the molecule is COc1c(Cl)ccn2c(S(=O)(=O)Cl)cnc12. The maximum absolute atomic E-state index is 11.2. The van der Waals surface area contributed by atoms with E-state index in [2.05, 4.69) is 4.98 Å². The summed E-state index contributed by atoms with van der Waals surface area (Å²) in [5, 5.41) is 0.221. The van der Waals surface area contributed by atoms with Gasteiger partial charge in [0.05, 0.1) is 18.3 Å². The molecule has 2 rings (SSSR count). The van der Waals surface area contributed by atoms with Crippen LogP contribution in [-0.2, 0) is 9.05 Å². The molecule has 0 fully saturated rings. The highest BCUT2D eigenvalue weighted by Crippen LogP contribution is 2.30. The number of imidazole rings is 1. The Labute approximate surface area is 101 Å². The Bertz CT molecular complexity index is 651. The van der Waals surface area contributed by atoms with Gasteiger partial charge in [0.25, 0.3) is 9.05 Å². The molecule has 0 atom stereocenters. The number of rotatable bonds is 2. The highest BCUT2D eigenvalue weighted by molar-refractivity contribution is 8.13. The normalized spacial score (nSPS) is 11.9. The number of hydrogen-bond donors (Lipinski definition) is 0. The lowest BCUT2D eigenvalue weighted by Crippen LogP contribution is -1.98. The number of fused-ring (bicyclic) bond motifs is 1. The molecule has 0 aliphatic rings. The fraction of sp³-hybridized carbons (Fsp3) is 0.125. The van der Waals surface area contributed by atoms with Gasteiger partial charge in [-0.05, 0) is 6.07 Å². The highest BCUT2D eigenvalue weighted by atomic mass is 35.7. The summed E-state index contributed by atoms with van der Waals surface area (Å²) in [5.41, 5.74) is 0.300. The van der Waals surface area contributed by atoms with Gasteiger partial charge in [0.15, 0.2) is 16.4 Å². The molecule has 2 aromatic rings. The number of ether oxygens (including phenoxy) is 1. The maximum atomic E-state index is 11.2. The smallest absolute Gasteiger partial charge is 0.278 e. The zero-order valence-corrected chi connectivity index (χ0v) is 10.3. The quantitative estimate of drug-likeness (QED) is 0.789. The number of pyridine rings is 1. The van der Waals surface area contributed by atoms with E-state index < -0.39 is 9.05 Å². The van der Waals surface area contributed by atoms with Crippen LogP contribution in [0.5, 0.6) is 5.75 Å². The van der Waals surface area contributed by atoms with Crippen molar-refractivity contribution in [3.05, 3.63) is 23.5 Å². The molecule has 2 aromatic heterocycles. The van der Waals surface area contributed by atoms with Gasteiger partial charge in [-0.2, -0.15) is 0 Å². The van der Waals surface area contributed by atoms with E-state index >= 15 is 0 Å². The topological polar surface area (TPSA) is 60.7 Å². The summed E-state index contributed by atoms with van der Waals surface area (Å²) in [5.74, 6) is 0.302. The van der Waals surface area contributed by atoms with E-state index in [0.717, 1.165) is 6.20 Å². The van der Waals surface area contributed by atoms with Gasteiger partial charge in [0, 0.05) is 16.9 Å². The molecule has 0 aliphatic heterocycles. The summed E-state index contributed by atoms with van der Waals surface area (Å²) in [4.78, 5) is 3.91. The number of methoxy groups -OCH3 is 1. The lowest BCUT2D eigenvalue weighted by Gasteiger charge is -2.04. The van der Waals surface area contributed by atoms with Crippen LogP contribution in [0.1, 0.15) is 0 Å². The molecule has 86 valence electrons. The molecule has 0 unspecified atom stereocenters. The largest absolute Gasteiger partial charge is 0.491 e. The Morgan fingerprint density at radius 1 is 1.50 bits per heavy atom. The molecule has 0 spiro atoms. The summed E-state index contributed by atoms with van der Waals surface area (Å²) in [6, 6.07) is 1.50. The molecular weight excluding hydrogens is 275 g/mol. The van der Waals surface area contributed by atoms with E-state index in [1.807, 2.05) is 0 Å². The summed E-state index contributed by atoms with van der Waals surface area (Å²) in [6.07, 6.45) is 2.61. The average Bonchev–Trinajstić information content (AvgIpc) is 2.60.